The van der Waals surface area contributed by atoms with Crippen LogP contribution in [0.2, 0.25) is 5.02 Å². The minimum absolute atomic E-state index is 0.0551. The van der Waals surface area contributed by atoms with Gasteiger partial charge in [-0.2, -0.15) is 0 Å². The molecule has 1 aliphatic heterocycles. The Balaban J connectivity index is 1.77. The number of ether oxygens (including phenoxy) is 2. The summed E-state index contributed by atoms with van der Waals surface area (Å²) in [6, 6.07) is 10.2. The van der Waals surface area contributed by atoms with Crippen LogP contribution in [0.1, 0.15) is 23.8 Å². The fourth-order valence-corrected chi connectivity index (χ4v) is 5.09. The molecule has 1 atom stereocenters. The number of hydrogen-bond acceptors (Lipinski definition) is 7. The van der Waals surface area contributed by atoms with E-state index in [1.807, 2.05) is 29.6 Å². The number of hydrogen-bond donors (Lipinski definition) is 0. The fourth-order valence-electron chi connectivity index (χ4n) is 4.27. The van der Waals surface area contributed by atoms with Gasteiger partial charge < -0.3 is 24.2 Å². The summed E-state index contributed by atoms with van der Waals surface area (Å²) in [4.78, 5) is 57.8. The zero-order chi connectivity index (χ0) is 27.5. The topological polar surface area (TPSA) is 96.5 Å². The summed E-state index contributed by atoms with van der Waals surface area (Å²) < 4.78 is 10.2. The van der Waals surface area contributed by atoms with E-state index in [2.05, 4.69) is 0 Å². The van der Waals surface area contributed by atoms with Crippen molar-refractivity contribution < 1.29 is 28.7 Å². The van der Waals surface area contributed by atoms with Gasteiger partial charge >= 0.3 is 5.97 Å². The van der Waals surface area contributed by atoms with Crippen LogP contribution in [0.25, 0.3) is 0 Å². The second-order valence-electron chi connectivity index (χ2n) is 8.89. The number of thiophene rings is 1. The van der Waals surface area contributed by atoms with Gasteiger partial charge in [-0.1, -0.05) is 29.8 Å². The lowest BCUT2D eigenvalue weighted by Crippen LogP contribution is -2.61. The Kier molecular flexibility index (Phi) is 11.6. The standard InChI is InChI=1S/C27H34ClN3O6S/c1-3-37-26(34)19-29(12-10-20-6-8-21(28)9-7-20)24(32)17-23-27(35)30(14-15-36-2)18-25(33)31(23)13-11-22-5-4-16-38-22/h4-9,16,23H,3,10-15,17-19H2,1-2H3. The highest BCUT2D eigenvalue weighted by atomic mass is 35.5. The molecule has 3 rings (SSSR count). The van der Waals surface area contributed by atoms with Crippen molar-refractivity contribution >= 4 is 46.6 Å². The van der Waals surface area contributed by atoms with Crippen molar-refractivity contribution in [1.29, 1.82) is 0 Å². The van der Waals surface area contributed by atoms with E-state index < -0.39 is 17.9 Å². The highest BCUT2D eigenvalue weighted by molar-refractivity contribution is 7.09. The van der Waals surface area contributed by atoms with Crippen molar-refractivity contribution in [3.8, 4) is 0 Å². The molecule has 0 bridgehead atoms. The summed E-state index contributed by atoms with van der Waals surface area (Å²) in [5.74, 6) is -1.43. The number of amides is 3. The lowest BCUT2D eigenvalue weighted by Gasteiger charge is -2.40. The molecule has 1 saturated heterocycles. The second kappa shape index (κ2) is 14.8. The van der Waals surface area contributed by atoms with E-state index in [1.165, 1.54) is 21.8 Å². The molecule has 206 valence electrons. The van der Waals surface area contributed by atoms with Crippen molar-refractivity contribution in [2.24, 2.45) is 0 Å². The third kappa shape index (κ3) is 8.54. The lowest BCUT2D eigenvalue weighted by molar-refractivity contribution is -0.159. The molecule has 0 saturated carbocycles. The second-order valence-corrected chi connectivity index (χ2v) is 10.4. The van der Waals surface area contributed by atoms with Crippen LogP contribution < -0.4 is 0 Å². The van der Waals surface area contributed by atoms with Gasteiger partial charge in [-0.25, -0.2) is 0 Å². The molecule has 9 nitrogen and oxygen atoms in total. The SMILES string of the molecule is CCOC(=O)CN(CCc1ccc(Cl)cc1)C(=O)CC1C(=O)N(CCOC)CC(=O)N1CCc1cccs1. The van der Waals surface area contributed by atoms with Gasteiger partial charge in [-0.3, -0.25) is 19.2 Å². The van der Waals surface area contributed by atoms with E-state index >= 15 is 0 Å². The van der Waals surface area contributed by atoms with Crippen LogP contribution in [-0.2, 0) is 41.5 Å². The largest absolute Gasteiger partial charge is 0.465 e. The van der Waals surface area contributed by atoms with Crippen LogP contribution in [-0.4, -0.2) is 97.5 Å². The van der Waals surface area contributed by atoms with E-state index in [-0.39, 0.29) is 57.6 Å². The van der Waals surface area contributed by atoms with Gasteiger partial charge in [0.05, 0.1) is 26.2 Å². The highest BCUT2D eigenvalue weighted by Crippen LogP contribution is 2.20. The van der Waals surface area contributed by atoms with Crippen molar-refractivity contribution in [2.75, 3.05) is 53.0 Å². The van der Waals surface area contributed by atoms with E-state index in [4.69, 9.17) is 21.1 Å². The van der Waals surface area contributed by atoms with Crippen LogP contribution in [0, 0.1) is 0 Å². The Morgan fingerprint density at radius 1 is 1.13 bits per heavy atom. The first-order valence-electron chi connectivity index (χ1n) is 12.6. The number of piperazine rings is 1. The summed E-state index contributed by atoms with van der Waals surface area (Å²) in [5.41, 5.74) is 0.947. The Bertz CT molecular complexity index is 1080. The molecule has 0 aliphatic carbocycles. The first-order chi connectivity index (χ1) is 18.3. The molecule has 2 heterocycles. The number of nitrogens with zero attached hydrogens (tertiary/aromatic N) is 3. The van der Waals surface area contributed by atoms with Gasteiger partial charge in [0.2, 0.25) is 17.7 Å². The first-order valence-corrected chi connectivity index (χ1v) is 13.9. The third-order valence-corrected chi connectivity index (χ3v) is 7.48. The Morgan fingerprint density at radius 3 is 2.55 bits per heavy atom. The monoisotopic (exact) mass is 563 g/mol. The van der Waals surface area contributed by atoms with Gasteiger partial charge in [-0.05, 0) is 48.9 Å². The predicted octanol–water partition coefficient (Wildman–Crippen LogP) is 2.65. The minimum Gasteiger partial charge on any atom is -0.465 e. The molecule has 3 amide bonds. The van der Waals surface area contributed by atoms with Crippen LogP contribution in [0.3, 0.4) is 0 Å². The maximum Gasteiger partial charge on any atom is 0.325 e. The van der Waals surface area contributed by atoms with E-state index in [0.717, 1.165) is 10.4 Å². The molecule has 38 heavy (non-hydrogen) atoms. The Hall–Kier alpha value is -2.95. The van der Waals surface area contributed by atoms with Gasteiger partial charge in [-0.15, -0.1) is 11.3 Å². The Morgan fingerprint density at radius 2 is 1.89 bits per heavy atom. The number of methoxy groups -OCH3 is 1. The molecule has 2 aromatic rings. The van der Waals surface area contributed by atoms with E-state index in [1.54, 1.807) is 30.4 Å². The molecular weight excluding hydrogens is 530 g/mol. The van der Waals surface area contributed by atoms with Crippen molar-refractivity contribution in [3.63, 3.8) is 0 Å². The molecule has 1 aromatic heterocycles. The van der Waals surface area contributed by atoms with Crippen molar-refractivity contribution in [1.82, 2.24) is 14.7 Å². The zero-order valence-electron chi connectivity index (χ0n) is 21.8. The van der Waals surface area contributed by atoms with E-state index in [0.29, 0.717) is 24.4 Å². The number of halogens is 1. The first kappa shape index (κ1) is 29.6. The number of benzene rings is 1. The van der Waals surface area contributed by atoms with Gasteiger partial charge in [0.1, 0.15) is 12.6 Å². The zero-order valence-corrected chi connectivity index (χ0v) is 23.3. The number of carbonyl (C=O) groups excluding carboxylic acids is 4. The maximum absolute atomic E-state index is 13.5. The van der Waals surface area contributed by atoms with Crippen LogP contribution in [0.15, 0.2) is 41.8 Å². The average molecular weight is 564 g/mol. The molecule has 1 aliphatic rings. The Labute approximate surface area is 232 Å². The predicted molar refractivity (Wildman–Crippen MR) is 145 cm³/mol. The van der Waals surface area contributed by atoms with Crippen LogP contribution >= 0.6 is 22.9 Å². The van der Waals surface area contributed by atoms with Gasteiger partial charge in [0.25, 0.3) is 0 Å². The fraction of sp³-hybridized carbons (Fsp3) is 0.481. The van der Waals surface area contributed by atoms with Gasteiger partial charge in [0, 0.05) is 36.6 Å². The summed E-state index contributed by atoms with van der Waals surface area (Å²) >= 11 is 7.55. The number of rotatable bonds is 14. The summed E-state index contributed by atoms with van der Waals surface area (Å²) in [6.07, 6.45) is 0.850. The smallest absolute Gasteiger partial charge is 0.325 e. The normalized spacial score (nSPS) is 15.6. The quantitative estimate of drug-likeness (QED) is 0.328. The summed E-state index contributed by atoms with van der Waals surface area (Å²) in [6.45, 7) is 2.71. The molecule has 1 fully saturated rings. The number of carbonyl (C=O) groups is 4. The molecule has 11 heteroatoms. The molecule has 0 radical (unpaired) electrons. The minimum atomic E-state index is -0.958. The van der Waals surface area contributed by atoms with Crippen molar-refractivity contribution in [2.45, 2.75) is 32.2 Å². The maximum atomic E-state index is 13.5. The summed E-state index contributed by atoms with van der Waals surface area (Å²) in [7, 11) is 1.53. The number of esters is 1. The lowest BCUT2D eigenvalue weighted by atomic mass is 10.0. The van der Waals surface area contributed by atoms with Gasteiger partial charge in [0.15, 0.2) is 0 Å². The molecule has 1 aromatic carbocycles. The molecule has 1 unspecified atom stereocenters. The van der Waals surface area contributed by atoms with E-state index in [9.17, 15) is 19.2 Å². The van der Waals surface area contributed by atoms with Crippen LogP contribution in [0.5, 0.6) is 0 Å². The molecule has 0 spiro atoms. The van der Waals surface area contributed by atoms with Crippen LogP contribution in [0.4, 0.5) is 0 Å². The highest BCUT2D eigenvalue weighted by Gasteiger charge is 2.41. The van der Waals surface area contributed by atoms with Crippen molar-refractivity contribution in [3.05, 3.63) is 57.2 Å². The summed E-state index contributed by atoms with van der Waals surface area (Å²) in [5, 5.41) is 2.56. The molecular formula is C27H34ClN3O6S. The molecule has 0 N–H and O–H groups in total. The third-order valence-electron chi connectivity index (χ3n) is 6.29. The average Bonchev–Trinajstić information content (AvgIpc) is 3.42.